The van der Waals surface area contributed by atoms with Gasteiger partial charge in [-0.2, -0.15) is 4.31 Å². The lowest BCUT2D eigenvalue weighted by Gasteiger charge is -2.26. The SMILES string of the molecule is CCCCC[C@H](C)Nc1ncc2c(-c3ccc(S(=O)(=O)N4CCOCC4)cc3)cc(C3CCC(=O)CC3)n2n1. The molecule has 2 aromatic heterocycles. The molecular weight excluding hydrogens is 514 g/mol. The van der Waals surface area contributed by atoms with Crippen molar-refractivity contribution in [3.05, 3.63) is 42.2 Å². The van der Waals surface area contributed by atoms with Crippen LogP contribution in [0.5, 0.6) is 0 Å². The fourth-order valence-electron chi connectivity index (χ4n) is 5.57. The normalized spacial score (nSPS) is 18.5. The monoisotopic (exact) mass is 553 g/mol. The van der Waals surface area contributed by atoms with Crippen LogP contribution in [0.4, 0.5) is 5.95 Å². The van der Waals surface area contributed by atoms with Gasteiger partial charge in [0.05, 0.1) is 29.8 Å². The van der Waals surface area contributed by atoms with E-state index in [4.69, 9.17) is 9.84 Å². The average molecular weight is 554 g/mol. The molecule has 1 aliphatic carbocycles. The zero-order chi connectivity index (χ0) is 27.4. The summed E-state index contributed by atoms with van der Waals surface area (Å²) in [6.07, 6.45) is 9.27. The molecule has 0 amide bonds. The fraction of sp³-hybridized carbons (Fsp3) is 0.552. The van der Waals surface area contributed by atoms with E-state index in [0.717, 1.165) is 41.6 Å². The highest BCUT2D eigenvalue weighted by Gasteiger charge is 2.28. The minimum Gasteiger partial charge on any atom is -0.379 e. The summed E-state index contributed by atoms with van der Waals surface area (Å²) >= 11 is 0. The number of nitrogens with zero attached hydrogens (tertiary/aromatic N) is 4. The van der Waals surface area contributed by atoms with Gasteiger partial charge in [-0.3, -0.25) is 4.79 Å². The van der Waals surface area contributed by atoms with Crippen molar-refractivity contribution >= 4 is 27.3 Å². The molecule has 0 spiro atoms. The molecule has 0 unspecified atom stereocenters. The van der Waals surface area contributed by atoms with E-state index in [9.17, 15) is 13.2 Å². The molecule has 1 saturated carbocycles. The highest BCUT2D eigenvalue weighted by Crippen LogP contribution is 2.37. The molecule has 1 N–H and O–H groups in total. The van der Waals surface area contributed by atoms with Gasteiger partial charge in [-0.15, -0.1) is 5.10 Å². The smallest absolute Gasteiger partial charge is 0.243 e. The quantitative estimate of drug-likeness (QED) is 0.351. The van der Waals surface area contributed by atoms with Gasteiger partial charge < -0.3 is 10.1 Å². The van der Waals surface area contributed by atoms with Crippen molar-refractivity contribution in [1.82, 2.24) is 18.9 Å². The topological polar surface area (TPSA) is 106 Å². The standard InChI is InChI=1S/C29H39N5O4S/c1-3-4-5-6-21(2)31-29-30-20-28-26(19-27(34(28)32-29)23-7-11-24(35)12-8-23)22-9-13-25(14-10-22)39(36,37)33-15-17-38-18-16-33/h9-10,13-14,19-21,23H,3-8,11-12,15-18H2,1-2H3,(H,31,32)/t21-/m0/s1. The number of carbonyl (C=O) groups excluding carboxylic acids is 1. The molecule has 1 atom stereocenters. The number of carbonyl (C=O) groups is 1. The van der Waals surface area contributed by atoms with Crippen molar-refractivity contribution in [2.24, 2.45) is 0 Å². The van der Waals surface area contributed by atoms with Crippen LogP contribution in [0, 0.1) is 0 Å². The second-order valence-electron chi connectivity index (χ2n) is 10.8. The molecule has 1 saturated heterocycles. The van der Waals surface area contributed by atoms with Gasteiger partial charge in [0.25, 0.3) is 0 Å². The predicted molar refractivity (Wildman–Crippen MR) is 151 cm³/mol. The van der Waals surface area contributed by atoms with Crippen LogP contribution in [0.15, 0.2) is 41.4 Å². The van der Waals surface area contributed by atoms with Crippen LogP contribution in [0.25, 0.3) is 16.6 Å². The zero-order valence-corrected chi connectivity index (χ0v) is 23.8. The van der Waals surface area contributed by atoms with Crippen LogP contribution < -0.4 is 5.32 Å². The molecule has 210 valence electrons. The summed E-state index contributed by atoms with van der Waals surface area (Å²) < 4.78 is 35.0. The number of anilines is 1. The Morgan fingerprint density at radius 2 is 1.82 bits per heavy atom. The number of ketones is 1. The highest BCUT2D eigenvalue weighted by molar-refractivity contribution is 7.89. The number of sulfonamides is 1. The van der Waals surface area contributed by atoms with Crippen LogP contribution in [0.1, 0.15) is 76.8 Å². The van der Waals surface area contributed by atoms with Crippen LogP contribution in [0.3, 0.4) is 0 Å². The van der Waals surface area contributed by atoms with E-state index in [2.05, 4.69) is 30.2 Å². The number of unbranched alkanes of at least 4 members (excludes halogenated alkanes) is 2. The second-order valence-corrected chi connectivity index (χ2v) is 12.7. The molecule has 2 aliphatic rings. The lowest BCUT2D eigenvalue weighted by atomic mass is 9.86. The Bertz CT molecular complexity index is 1390. The third kappa shape index (κ3) is 6.18. The van der Waals surface area contributed by atoms with Crippen molar-refractivity contribution in [1.29, 1.82) is 0 Å². The molecule has 10 heteroatoms. The second kappa shape index (κ2) is 12.1. The molecule has 3 heterocycles. The van der Waals surface area contributed by atoms with Crippen molar-refractivity contribution < 1.29 is 17.9 Å². The number of hydrogen-bond donors (Lipinski definition) is 1. The predicted octanol–water partition coefficient (Wildman–Crippen LogP) is 5.02. The Morgan fingerprint density at radius 3 is 2.51 bits per heavy atom. The Hall–Kier alpha value is -2.82. The molecule has 1 aliphatic heterocycles. The van der Waals surface area contributed by atoms with Gasteiger partial charge in [0.15, 0.2) is 0 Å². The molecule has 1 aromatic carbocycles. The minimum atomic E-state index is -3.56. The Kier molecular flexibility index (Phi) is 8.64. The highest BCUT2D eigenvalue weighted by atomic mass is 32.2. The van der Waals surface area contributed by atoms with E-state index in [1.165, 1.54) is 23.6 Å². The Labute approximate surface area is 231 Å². The van der Waals surface area contributed by atoms with Crippen molar-refractivity contribution in [3.63, 3.8) is 0 Å². The third-order valence-corrected chi connectivity index (χ3v) is 9.81. The van der Waals surface area contributed by atoms with Gasteiger partial charge in [-0.1, -0.05) is 38.3 Å². The summed E-state index contributed by atoms with van der Waals surface area (Å²) in [5, 5.41) is 8.35. The van der Waals surface area contributed by atoms with Crippen molar-refractivity contribution in [3.8, 4) is 11.1 Å². The first kappa shape index (κ1) is 27.7. The van der Waals surface area contributed by atoms with Gasteiger partial charge in [0.1, 0.15) is 5.78 Å². The van der Waals surface area contributed by atoms with Crippen LogP contribution >= 0.6 is 0 Å². The molecule has 2 fully saturated rings. The van der Waals surface area contributed by atoms with Crippen molar-refractivity contribution in [2.75, 3.05) is 31.6 Å². The van der Waals surface area contributed by atoms with Crippen LogP contribution in [-0.2, 0) is 19.6 Å². The number of morpholine rings is 1. The summed E-state index contributed by atoms with van der Waals surface area (Å²) in [4.78, 5) is 16.9. The maximum absolute atomic E-state index is 13.1. The van der Waals surface area contributed by atoms with E-state index in [-0.39, 0.29) is 16.9 Å². The number of Topliss-reactive ketones (excluding diaryl/α,β-unsaturated/α-hetero) is 1. The number of hydrogen-bond acceptors (Lipinski definition) is 7. The van der Waals surface area contributed by atoms with E-state index in [0.29, 0.717) is 50.9 Å². The first-order valence-corrected chi connectivity index (χ1v) is 15.7. The summed E-state index contributed by atoms with van der Waals surface area (Å²) in [5.41, 5.74) is 3.81. The minimum absolute atomic E-state index is 0.231. The van der Waals surface area contributed by atoms with E-state index in [1.807, 2.05) is 22.8 Å². The molecule has 5 rings (SSSR count). The summed E-state index contributed by atoms with van der Waals surface area (Å²) in [6.45, 7) is 5.93. The number of ether oxygens (including phenoxy) is 1. The van der Waals surface area contributed by atoms with Crippen molar-refractivity contribution in [2.45, 2.75) is 82.1 Å². The maximum atomic E-state index is 13.1. The summed E-state index contributed by atoms with van der Waals surface area (Å²) in [7, 11) is -3.56. The first-order valence-electron chi connectivity index (χ1n) is 14.2. The summed E-state index contributed by atoms with van der Waals surface area (Å²) in [6, 6.07) is 9.48. The van der Waals surface area contributed by atoms with E-state index in [1.54, 1.807) is 12.1 Å². The number of rotatable bonds is 10. The number of aromatic nitrogens is 3. The van der Waals surface area contributed by atoms with Gasteiger partial charge in [-0.25, -0.2) is 17.9 Å². The molecule has 0 bridgehead atoms. The molecule has 9 nitrogen and oxygen atoms in total. The first-order chi connectivity index (χ1) is 18.9. The molecule has 39 heavy (non-hydrogen) atoms. The summed E-state index contributed by atoms with van der Waals surface area (Å²) in [5.74, 6) is 1.14. The number of nitrogens with one attached hydrogen (secondary N) is 1. The largest absolute Gasteiger partial charge is 0.379 e. The van der Waals surface area contributed by atoms with E-state index < -0.39 is 10.0 Å². The Balaban J connectivity index is 1.46. The van der Waals surface area contributed by atoms with Gasteiger partial charge in [-0.05, 0) is 49.9 Å². The molecular formula is C29H39N5O4S. The lowest BCUT2D eigenvalue weighted by Crippen LogP contribution is -2.40. The Morgan fingerprint density at radius 1 is 1.10 bits per heavy atom. The maximum Gasteiger partial charge on any atom is 0.243 e. The lowest BCUT2D eigenvalue weighted by molar-refractivity contribution is -0.120. The van der Waals surface area contributed by atoms with Gasteiger partial charge in [0, 0.05) is 49.1 Å². The van der Waals surface area contributed by atoms with Crippen LogP contribution in [0.2, 0.25) is 0 Å². The molecule has 3 aromatic rings. The van der Waals surface area contributed by atoms with Crippen LogP contribution in [-0.4, -0.2) is 65.4 Å². The number of benzene rings is 1. The van der Waals surface area contributed by atoms with Gasteiger partial charge in [0.2, 0.25) is 16.0 Å². The zero-order valence-electron chi connectivity index (χ0n) is 22.9. The van der Waals surface area contributed by atoms with Gasteiger partial charge >= 0.3 is 0 Å². The average Bonchev–Trinajstić information content (AvgIpc) is 3.33. The molecule has 0 radical (unpaired) electrons. The number of fused-ring (bicyclic) bond motifs is 1. The van der Waals surface area contributed by atoms with E-state index >= 15 is 0 Å². The fourth-order valence-corrected chi connectivity index (χ4v) is 6.98. The third-order valence-electron chi connectivity index (χ3n) is 7.90.